The molecule has 11 nitrogen and oxygen atoms in total. The Morgan fingerprint density at radius 2 is 1.66 bits per heavy atom. The van der Waals surface area contributed by atoms with Crippen molar-refractivity contribution in [3.63, 3.8) is 0 Å². The summed E-state index contributed by atoms with van der Waals surface area (Å²) in [7, 11) is 3.74. The van der Waals surface area contributed by atoms with Crippen molar-refractivity contribution in [1.29, 1.82) is 0 Å². The molecule has 1 fully saturated rings. The Bertz CT molecular complexity index is 1540. The maximum absolute atomic E-state index is 14.2. The SMILES string of the molecule is CC(=O)O[C@H](C[C@H](C(C)C)N(C)C(=O)[C@@H](CC(=O)[C@H]1CCCCN1C)C(C)C)c1nc(C(=O)N[C@@H](Cc2ccccc2)C[C@H](C)C(=O)O)c(C(C)C)s1. The van der Waals surface area contributed by atoms with Gasteiger partial charge in [-0.25, -0.2) is 4.98 Å². The maximum atomic E-state index is 14.2. The Kier molecular flexibility index (Phi) is 16.6. The largest absolute Gasteiger partial charge is 0.481 e. The molecule has 1 aromatic heterocycles. The molecule has 1 aliphatic rings. The number of esters is 1. The van der Waals surface area contributed by atoms with Crippen LogP contribution in [0.25, 0.3) is 0 Å². The number of carboxylic acid groups (broad SMARTS) is 1. The first kappa shape index (κ1) is 43.8. The third kappa shape index (κ3) is 12.5. The highest BCUT2D eigenvalue weighted by molar-refractivity contribution is 7.12. The minimum atomic E-state index is -0.938. The van der Waals surface area contributed by atoms with Crippen LogP contribution < -0.4 is 5.32 Å². The summed E-state index contributed by atoms with van der Waals surface area (Å²) in [5.74, 6) is -3.22. The number of Topliss-reactive ketones (excluding diaryl/α,β-unsaturated/α-hetero) is 1. The molecule has 0 radical (unpaired) electrons. The normalized spacial score (nSPS) is 17.9. The number of carboxylic acids is 1. The molecule has 2 amide bonds. The molecular formula is C41H62N4O7S. The third-order valence-electron chi connectivity index (χ3n) is 10.5. The lowest BCUT2D eigenvalue weighted by Crippen LogP contribution is -2.48. The summed E-state index contributed by atoms with van der Waals surface area (Å²) in [6.45, 7) is 15.7. The number of hydrogen-bond acceptors (Lipinski definition) is 9. The van der Waals surface area contributed by atoms with Crippen molar-refractivity contribution in [1.82, 2.24) is 20.1 Å². The van der Waals surface area contributed by atoms with Gasteiger partial charge < -0.3 is 20.1 Å². The highest BCUT2D eigenvalue weighted by Gasteiger charge is 2.37. The average Bonchev–Trinajstić information content (AvgIpc) is 3.55. The Hall–Kier alpha value is -3.64. The van der Waals surface area contributed by atoms with Gasteiger partial charge in [0.2, 0.25) is 5.91 Å². The van der Waals surface area contributed by atoms with Crippen LogP contribution in [0.3, 0.4) is 0 Å². The molecule has 1 aromatic carbocycles. The van der Waals surface area contributed by atoms with E-state index in [0.29, 0.717) is 11.4 Å². The molecule has 12 heteroatoms. The van der Waals surface area contributed by atoms with Gasteiger partial charge in [0.05, 0.1) is 12.0 Å². The number of piperidine rings is 1. The number of amides is 2. The van der Waals surface area contributed by atoms with Gasteiger partial charge in [-0.3, -0.25) is 28.9 Å². The number of rotatable bonds is 19. The molecule has 3 rings (SSSR count). The van der Waals surface area contributed by atoms with Gasteiger partial charge in [-0.2, -0.15) is 0 Å². The van der Waals surface area contributed by atoms with Crippen LogP contribution in [-0.2, 0) is 30.3 Å². The van der Waals surface area contributed by atoms with Crippen LogP contribution in [0.1, 0.15) is 132 Å². The summed E-state index contributed by atoms with van der Waals surface area (Å²) in [6.07, 6.45) is 3.16. The highest BCUT2D eigenvalue weighted by atomic mass is 32.1. The fraction of sp³-hybridized carbons (Fsp3) is 0.659. The van der Waals surface area contributed by atoms with E-state index in [1.54, 1.807) is 18.9 Å². The molecule has 0 unspecified atom stereocenters. The highest BCUT2D eigenvalue weighted by Crippen LogP contribution is 2.36. The summed E-state index contributed by atoms with van der Waals surface area (Å²) >= 11 is 1.31. The van der Waals surface area contributed by atoms with E-state index in [4.69, 9.17) is 9.72 Å². The molecule has 6 atom stereocenters. The topological polar surface area (TPSA) is 146 Å². The van der Waals surface area contributed by atoms with E-state index in [0.717, 1.165) is 36.2 Å². The number of ether oxygens (including phenoxy) is 1. The number of carbonyl (C=O) groups excluding carboxylic acids is 4. The van der Waals surface area contributed by atoms with Gasteiger partial charge in [-0.15, -0.1) is 11.3 Å². The molecule has 0 bridgehead atoms. The molecule has 0 aliphatic carbocycles. The number of thiazole rings is 1. The Balaban J connectivity index is 1.91. The van der Waals surface area contributed by atoms with E-state index >= 15 is 0 Å². The van der Waals surface area contributed by atoms with E-state index in [-0.39, 0.29) is 66.5 Å². The summed E-state index contributed by atoms with van der Waals surface area (Å²) in [4.78, 5) is 75.3. The molecular weight excluding hydrogens is 693 g/mol. The Morgan fingerprint density at radius 3 is 2.21 bits per heavy atom. The lowest BCUT2D eigenvalue weighted by Gasteiger charge is -2.37. The van der Waals surface area contributed by atoms with E-state index in [2.05, 4.69) is 10.2 Å². The van der Waals surface area contributed by atoms with E-state index in [1.807, 2.05) is 78.9 Å². The predicted molar refractivity (Wildman–Crippen MR) is 208 cm³/mol. The van der Waals surface area contributed by atoms with Gasteiger partial charge in [-0.1, -0.05) is 85.2 Å². The molecule has 2 aromatic rings. The molecule has 1 aliphatic heterocycles. The van der Waals surface area contributed by atoms with Crippen molar-refractivity contribution in [3.05, 3.63) is 51.5 Å². The molecule has 0 saturated carbocycles. The molecule has 0 spiro atoms. The van der Waals surface area contributed by atoms with E-state index in [1.165, 1.54) is 18.3 Å². The minimum Gasteiger partial charge on any atom is -0.481 e. The predicted octanol–water partition coefficient (Wildman–Crippen LogP) is 6.91. The second kappa shape index (κ2) is 20.2. The first-order chi connectivity index (χ1) is 24.9. The summed E-state index contributed by atoms with van der Waals surface area (Å²) in [5, 5.41) is 13.2. The number of likely N-dealkylation sites (N-methyl/N-ethyl adjacent to an activating group) is 1. The molecule has 2 N–H and O–H groups in total. The van der Waals surface area contributed by atoms with Gasteiger partial charge in [-0.05, 0) is 62.6 Å². The number of likely N-dealkylation sites (tertiary alicyclic amines) is 1. The van der Waals surface area contributed by atoms with Gasteiger partial charge >= 0.3 is 11.9 Å². The van der Waals surface area contributed by atoms with Crippen LogP contribution in [0, 0.1) is 23.7 Å². The van der Waals surface area contributed by atoms with Crippen molar-refractivity contribution in [3.8, 4) is 0 Å². The van der Waals surface area contributed by atoms with Crippen LogP contribution in [-0.4, -0.2) is 88.2 Å². The summed E-state index contributed by atoms with van der Waals surface area (Å²) in [6, 6.07) is 8.60. The minimum absolute atomic E-state index is 0.0303. The quantitative estimate of drug-likeness (QED) is 0.146. The van der Waals surface area contributed by atoms with Crippen LogP contribution in [0.15, 0.2) is 30.3 Å². The van der Waals surface area contributed by atoms with Crippen LogP contribution in [0.4, 0.5) is 0 Å². The van der Waals surface area contributed by atoms with Gasteiger partial charge in [0.25, 0.3) is 5.91 Å². The first-order valence-corrected chi connectivity index (χ1v) is 20.0. The number of carbonyl (C=O) groups is 5. The van der Waals surface area contributed by atoms with E-state index in [9.17, 15) is 29.1 Å². The van der Waals surface area contributed by atoms with Crippen molar-refractivity contribution < 1.29 is 33.8 Å². The number of ketones is 1. The zero-order chi connectivity index (χ0) is 39.6. The zero-order valence-corrected chi connectivity index (χ0v) is 34.2. The summed E-state index contributed by atoms with van der Waals surface area (Å²) in [5.41, 5.74) is 1.19. The van der Waals surface area contributed by atoms with Gasteiger partial charge in [0.1, 0.15) is 10.7 Å². The number of aromatic nitrogens is 1. The maximum Gasteiger partial charge on any atom is 0.306 e. The summed E-state index contributed by atoms with van der Waals surface area (Å²) < 4.78 is 5.89. The molecule has 53 heavy (non-hydrogen) atoms. The second-order valence-corrected chi connectivity index (χ2v) is 16.9. The van der Waals surface area contributed by atoms with Crippen molar-refractivity contribution in [2.24, 2.45) is 23.7 Å². The lowest BCUT2D eigenvalue weighted by atomic mass is 9.84. The zero-order valence-electron chi connectivity index (χ0n) is 33.4. The number of hydrogen-bond donors (Lipinski definition) is 2. The fourth-order valence-electron chi connectivity index (χ4n) is 7.28. The Labute approximate surface area is 320 Å². The van der Waals surface area contributed by atoms with Gasteiger partial charge in [0, 0.05) is 49.7 Å². The van der Waals surface area contributed by atoms with E-state index < -0.39 is 41.8 Å². The number of benzene rings is 1. The molecule has 1 saturated heterocycles. The smallest absolute Gasteiger partial charge is 0.306 e. The fourth-order valence-corrected chi connectivity index (χ4v) is 8.39. The average molecular weight is 755 g/mol. The van der Waals surface area contributed by atoms with Crippen molar-refractivity contribution in [2.45, 2.75) is 130 Å². The lowest BCUT2D eigenvalue weighted by molar-refractivity contribution is -0.149. The van der Waals surface area contributed by atoms with Crippen molar-refractivity contribution >= 4 is 40.9 Å². The van der Waals surface area contributed by atoms with Crippen LogP contribution in [0.2, 0.25) is 0 Å². The third-order valence-corrected chi connectivity index (χ3v) is 11.9. The number of aliphatic carboxylic acids is 1. The first-order valence-electron chi connectivity index (χ1n) is 19.2. The molecule has 2 heterocycles. The second-order valence-electron chi connectivity index (χ2n) is 15.9. The molecule has 294 valence electrons. The standard InChI is InChI=1S/C41H62N4O7S/c1-24(2)31(22-34(47)32-18-14-15-19-44(32)9)40(49)45(10)33(25(3)4)23-35(52-28(8)46)39-43-36(37(53-39)26(5)6)38(48)42-30(20-27(7)41(50)51)21-29-16-12-11-13-17-29/h11-13,16-17,24-27,30-33,35H,14-15,18-23H2,1-10H3,(H,42,48)(H,50,51)/t27-,30+,31-,32+,33+,35+/m0/s1. The number of nitrogens with one attached hydrogen (secondary N) is 1. The monoisotopic (exact) mass is 754 g/mol. The number of nitrogens with zero attached hydrogens (tertiary/aromatic N) is 3. The van der Waals surface area contributed by atoms with Crippen LogP contribution >= 0.6 is 11.3 Å². The van der Waals surface area contributed by atoms with Crippen molar-refractivity contribution in [2.75, 3.05) is 20.6 Å². The Morgan fingerprint density at radius 1 is 1.00 bits per heavy atom. The van der Waals surface area contributed by atoms with Crippen LogP contribution in [0.5, 0.6) is 0 Å². The van der Waals surface area contributed by atoms with Gasteiger partial charge in [0.15, 0.2) is 11.9 Å².